The van der Waals surface area contributed by atoms with E-state index in [2.05, 4.69) is 73.8 Å². The Bertz CT molecular complexity index is 526. The number of amides is 1. The van der Waals surface area contributed by atoms with Crippen LogP contribution < -0.4 is 0 Å². The topological polar surface area (TPSA) is 42.0 Å². The largest absolute Gasteiger partial charge is 0.381 e. The highest BCUT2D eigenvalue weighted by atomic mass is 16.5. The Kier molecular flexibility index (Phi) is 12.3. The first-order valence-electron chi connectivity index (χ1n) is 11.5. The van der Waals surface area contributed by atoms with E-state index in [1.807, 2.05) is 4.90 Å². The van der Waals surface area contributed by atoms with E-state index < -0.39 is 0 Å². The molecule has 5 heteroatoms. The fraction of sp³-hybridized carbons (Fsp3) is 0.880. The molecule has 0 saturated carbocycles. The Balaban J connectivity index is 4.94. The predicted octanol–water partition coefficient (Wildman–Crippen LogP) is 5.35. The first-order chi connectivity index (χ1) is 13.6. The van der Waals surface area contributed by atoms with Gasteiger partial charge < -0.3 is 19.3 Å². The van der Waals surface area contributed by atoms with Gasteiger partial charge in [-0.3, -0.25) is 4.79 Å². The highest BCUT2D eigenvalue weighted by Crippen LogP contribution is 2.26. The summed E-state index contributed by atoms with van der Waals surface area (Å²) in [5.41, 5.74) is 0.633. The molecule has 0 radical (unpaired) electrons. The van der Waals surface area contributed by atoms with E-state index in [0.717, 1.165) is 51.4 Å². The van der Waals surface area contributed by atoms with Crippen molar-refractivity contribution in [2.75, 3.05) is 46.0 Å². The molecular formula is C25H50N2O3. The van der Waals surface area contributed by atoms with Gasteiger partial charge in [-0.25, -0.2) is 0 Å². The van der Waals surface area contributed by atoms with Gasteiger partial charge in [0.05, 0.1) is 18.8 Å². The van der Waals surface area contributed by atoms with Gasteiger partial charge in [-0.2, -0.15) is 0 Å². The van der Waals surface area contributed by atoms with Crippen LogP contribution in [-0.4, -0.2) is 67.3 Å². The van der Waals surface area contributed by atoms with Gasteiger partial charge in [0, 0.05) is 56.2 Å². The molecule has 0 spiro atoms. The van der Waals surface area contributed by atoms with Crippen molar-refractivity contribution in [3.05, 3.63) is 12.3 Å². The van der Waals surface area contributed by atoms with Crippen molar-refractivity contribution in [1.82, 2.24) is 9.80 Å². The molecule has 5 nitrogen and oxygen atoms in total. The highest BCUT2D eigenvalue weighted by molar-refractivity contribution is 5.73. The minimum Gasteiger partial charge on any atom is -0.381 e. The maximum absolute atomic E-state index is 11.9. The van der Waals surface area contributed by atoms with Crippen LogP contribution in [0, 0.1) is 10.8 Å². The average molecular weight is 427 g/mol. The Morgan fingerprint density at radius 2 is 1.37 bits per heavy atom. The Hall–Kier alpha value is -1.07. The summed E-state index contributed by atoms with van der Waals surface area (Å²) in [5.74, 6) is 0.130. The fourth-order valence-corrected chi connectivity index (χ4v) is 3.46. The summed E-state index contributed by atoms with van der Waals surface area (Å²) in [4.78, 5) is 16.2. The zero-order chi connectivity index (χ0) is 23.6. The van der Waals surface area contributed by atoms with Crippen molar-refractivity contribution < 1.29 is 14.3 Å². The lowest BCUT2D eigenvalue weighted by molar-refractivity contribution is -0.132. The van der Waals surface area contributed by atoms with Crippen molar-refractivity contribution >= 4 is 5.91 Å². The van der Waals surface area contributed by atoms with Gasteiger partial charge in [-0.05, 0) is 33.6 Å². The number of hydrogen-bond donors (Lipinski definition) is 0. The number of carbonyl (C=O) groups excluding carboxylic acids is 1. The Labute approximate surface area is 187 Å². The van der Waals surface area contributed by atoms with E-state index in [0.29, 0.717) is 13.2 Å². The summed E-state index contributed by atoms with van der Waals surface area (Å²) in [6.07, 6.45) is 2.00. The predicted molar refractivity (Wildman–Crippen MR) is 128 cm³/mol. The number of rotatable bonds is 16. The van der Waals surface area contributed by atoms with Crippen molar-refractivity contribution in [2.45, 2.75) is 87.7 Å². The van der Waals surface area contributed by atoms with Gasteiger partial charge in [0.25, 0.3) is 0 Å². The fourth-order valence-electron chi connectivity index (χ4n) is 3.46. The first-order valence-corrected chi connectivity index (χ1v) is 11.5. The van der Waals surface area contributed by atoms with Crippen molar-refractivity contribution in [3.8, 4) is 0 Å². The number of ether oxygens (including phenoxy) is 2. The van der Waals surface area contributed by atoms with Gasteiger partial charge in [0.2, 0.25) is 5.91 Å². The van der Waals surface area contributed by atoms with E-state index in [1.54, 1.807) is 6.92 Å². The Morgan fingerprint density at radius 1 is 0.833 bits per heavy atom. The maximum atomic E-state index is 11.9. The molecular weight excluding hydrogens is 376 g/mol. The molecule has 0 saturated heterocycles. The van der Waals surface area contributed by atoms with Crippen molar-refractivity contribution in [3.63, 3.8) is 0 Å². The molecule has 0 rings (SSSR count). The lowest BCUT2D eigenvalue weighted by Gasteiger charge is -2.41. The second-order valence-corrected chi connectivity index (χ2v) is 11.0. The quantitative estimate of drug-likeness (QED) is 0.312. The summed E-state index contributed by atoms with van der Waals surface area (Å²) < 4.78 is 12.2. The normalized spacial score (nSPS) is 12.7. The van der Waals surface area contributed by atoms with Crippen LogP contribution in [0.25, 0.3) is 0 Å². The van der Waals surface area contributed by atoms with Crippen LogP contribution in [0.15, 0.2) is 12.3 Å². The molecule has 0 N–H and O–H groups in total. The van der Waals surface area contributed by atoms with Crippen LogP contribution in [0.1, 0.15) is 82.1 Å². The zero-order valence-electron chi connectivity index (χ0n) is 21.7. The van der Waals surface area contributed by atoms with Crippen molar-refractivity contribution in [2.24, 2.45) is 10.8 Å². The summed E-state index contributed by atoms with van der Waals surface area (Å²) in [6, 6.07) is 0. The molecule has 0 aliphatic carbocycles. The molecule has 0 aromatic rings. The molecule has 0 bridgehead atoms. The monoisotopic (exact) mass is 426 g/mol. The van der Waals surface area contributed by atoms with Crippen LogP contribution in [-0.2, 0) is 14.3 Å². The second-order valence-electron chi connectivity index (χ2n) is 11.0. The van der Waals surface area contributed by atoms with E-state index in [4.69, 9.17) is 9.47 Å². The average Bonchev–Trinajstić information content (AvgIpc) is 2.59. The minimum atomic E-state index is -0.331. The number of carbonyl (C=O) groups is 1. The standard InChI is InChI=1S/C25H50N2O3/c1-12-14-26(22(5)28)16-24(8,9)20-30-25(10,11)18-27(21(3)4)17-23(6,7)19-29-15-13-2/h3,12-20H2,1-2,4-11H3. The summed E-state index contributed by atoms with van der Waals surface area (Å²) in [6.45, 7) is 30.5. The molecule has 30 heavy (non-hydrogen) atoms. The SMILES string of the molecule is C=C(C)N(CC(C)(C)COCCC)CC(C)(C)OCC(C)(C)CN(CCC)C(C)=O. The Morgan fingerprint density at radius 3 is 1.83 bits per heavy atom. The molecule has 0 aromatic carbocycles. The number of nitrogens with zero attached hydrogens (tertiary/aromatic N) is 2. The van der Waals surface area contributed by atoms with Gasteiger partial charge in [0.1, 0.15) is 0 Å². The molecule has 0 fully saturated rings. The van der Waals surface area contributed by atoms with Crippen LogP contribution in [0.2, 0.25) is 0 Å². The van der Waals surface area contributed by atoms with Gasteiger partial charge in [-0.15, -0.1) is 0 Å². The van der Waals surface area contributed by atoms with Crippen LogP contribution >= 0.6 is 0 Å². The first kappa shape index (κ1) is 28.9. The molecule has 0 aromatic heterocycles. The lowest BCUT2D eigenvalue weighted by Crippen LogP contribution is -2.47. The molecule has 0 heterocycles. The molecule has 1 amide bonds. The number of hydrogen-bond acceptors (Lipinski definition) is 4. The molecule has 0 aliphatic heterocycles. The molecule has 178 valence electrons. The summed E-state index contributed by atoms with van der Waals surface area (Å²) in [5, 5.41) is 0. The molecule has 0 unspecified atom stereocenters. The van der Waals surface area contributed by atoms with Gasteiger partial charge in [0.15, 0.2) is 0 Å². The van der Waals surface area contributed by atoms with E-state index in [1.165, 1.54) is 0 Å². The third kappa shape index (κ3) is 12.6. The third-order valence-electron chi connectivity index (χ3n) is 4.98. The molecule has 0 aliphatic rings. The zero-order valence-corrected chi connectivity index (χ0v) is 21.7. The smallest absolute Gasteiger partial charge is 0.219 e. The van der Waals surface area contributed by atoms with Gasteiger partial charge >= 0.3 is 0 Å². The minimum absolute atomic E-state index is 0.0333. The van der Waals surface area contributed by atoms with Crippen molar-refractivity contribution in [1.29, 1.82) is 0 Å². The highest BCUT2D eigenvalue weighted by Gasteiger charge is 2.31. The van der Waals surface area contributed by atoms with Crippen LogP contribution in [0.4, 0.5) is 0 Å². The number of allylic oxidation sites excluding steroid dienone is 1. The molecule has 0 atom stereocenters. The van der Waals surface area contributed by atoms with Crippen LogP contribution in [0.5, 0.6) is 0 Å². The van der Waals surface area contributed by atoms with Crippen LogP contribution in [0.3, 0.4) is 0 Å². The lowest BCUT2D eigenvalue weighted by atomic mass is 9.92. The van der Waals surface area contributed by atoms with E-state index in [9.17, 15) is 4.79 Å². The summed E-state index contributed by atoms with van der Waals surface area (Å²) in [7, 11) is 0. The van der Waals surface area contributed by atoms with E-state index >= 15 is 0 Å². The second kappa shape index (κ2) is 12.7. The van der Waals surface area contributed by atoms with Gasteiger partial charge in [-0.1, -0.05) is 48.1 Å². The third-order valence-corrected chi connectivity index (χ3v) is 4.98. The summed E-state index contributed by atoms with van der Waals surface area (Å²) >= 11 is 0. The van der Waals surface area contributed by atoms with E-state index in [-0.39, 0.29) is 22.3 Å². The maximum Gasteiger partial charge on any atom is 0.219 e.